The molecular formula is C14H23N3. The van der Waals surface area contributed by atoms with Gasteiger partial charge < -0.3 is 5.32 Å². The summed E-state index contributed by atoms with van der Waals surface area (Å²) in [6, 6.07) is 3.35. The van der Waals surface area contributed by atoms with Crippen molar-refractivity contribution in [2.45, 2.75) is 45.8 Å². The van der Waals surface area contributed by atoms with Gasteiger partial charge in [-0.15, -0.1) is 0 Å². The molecule has 1 fully saturated rings. The third-order valence-electron chi connectivity index (χ3n) is 3.72. The van der Waals surface area contributed by atoms with Crippen LogP contribution in [-0.2, 0) is 6.54 Å². The lowest BCUT2D eigenvalue weighted by molar-refractivity contribution is 0.124. The zero-order chi connectivity index (χ0) is 12.3. The second-order valence-corrected chi connectivity index (χ2v) is 5.10. The van der Waals surface area contributed by atoms with E-state index in [1.807, 2.05) is 12.4 Å². The molecule has 3 nitrogen and oxygen atoms in total. The molecule has 2 rings (SSSR count). The monoisotopic (exact) mass is 233 g/mol. The maximum atomic E-state index is 4.24. The highest BCUT2D eigenvalue weighted by Crippen LogP contribution is 2.16. The fraction of sp³-hybridized carbons (Fsp3) is 0.643. The van der Waals surface area contributed by atoms with E-state index in [4.69, 9.17) is 0 Å². The molecule has 0 saturated carbocycles. The first-order chi connectivity index (χ1) is 8.20. The van der Waals surface area contributed by atoms with Crippen molar-refractivity contribution < 1.29 is 0 Å². The normalized spacial score (nSPS) is 26.1. The molecule has 0 radical (unpaired) electrons. The van der Waals surface area contributed by atoms with Gasteiger partial charge in [0.2, 0.25) is 0 Å². The molecule has 1 N–H and O–H groups in total. The quantitative estimate of drug-likeness (QED) is 0.865. The topological polar surface area (TPSA) is 28.2 Å². The number of hydrogen-bond donors (Lipinski definition) is 1. The SMILES string of the molecule is CCC1CNC(C)CN1Cc1cnccc1C. The van der Waals surface area contributed by atoms with Crippen LogP contribution in [0.25, 0.3) is 0 Å². The largest absolute Gasteiger partial charge is 0.311 e. The van der Waals surface area contributed by atoms with Gasteiger partial charge in [-0.25, -0.2) is 0 Å². The number of nitrogens with zero attached hydrogens (tertiary/aromatic N) is 2. The zero-order valence-corrected chi connectivity index (χ0v) is 11.1. The highest BCUT2D eigenvalue weighted by Gasteiger charge is 2.24. The van der Waals surface area contributed by atoms with Gasteiger partial charge in [0.15, 0.2) is 0 Å². The summed E-state index contributed by atoms with van der Waals surface area (Å²) in [5.41, 5.74) is 2.71. The summed E-state index contributed by atoms with van der Waals surface area (Å²) in [5, 5.41) is 3.56. The number of rotatable bonds is 3. The summed E-state index contributed by atoms with van der Waals surface area (Å²) in [6.45, 7) is 9.97. The van der Waals surface area contributed by atoms with Crippen LogP contribution in [0.4, 0.5) is 0 Å². The van der Waals surface area contributed by atoms with E-state index in [9.17, 15) is 0 Å². The summed E-state index contributed by atoms with van der Waals surface area (Å²) >= 11 is 0. The molecule has 94 valence electrons. The van der Waals surface area contributed by atoms with E-state index in [0.717, 1.165) is 19.6 Å². The molecule has 2 heterocycles. The predicted octanol–water partition coefficient (Wildman–Crippen LogP) is 1.96. The Balaban J connectivity index is 2.07. The molecule has 0 amide bonds. The number of aryl methyl sites for hydroxylation is 1. The first-order valence-corrected chi connectivity index (χ1v) is 6.57. The van der Waals surface area contributed by atoms with Crippen molar-refractivity contribution in [1.82, 2.24) is 15.2 Å². The first kappa shape index (κ1) is 12.5. The molecule has 1 aromatic heterocycles. The number of piperazine rings is 1. The summed E-state index contributed by atoms with van der Waals surface area (Å²) in [4.78, 5) is 6.83. The Hall–Kier alpha value is -0.930. The standard InChI is InChI=1S/C14H23N3/c1-4-14-8-16-12(3)9-17(14)10-13-7-15-6-5-11(13)2/h5-7,12,14,16H,4,8-10H2,1-3H3. The average Bonchev–Trinajstić information content (AvgIpc) is 2.32. The number of pyridine rings is 1. The van der Waals surface area contributed by atoms with Crippen LogP contribution in [0.5, 0.6) is 0 Å². The Morgan fingerprint density at radius 3 is 3.06 bits per heavy atom. The second kappa shape index (κ2) is 5.61. The molecule has 1 saturated heterocycles. The summed E-state index contributed by atoms with van der Waals surface area (Å²) < 4.78 is 0. The van der Waals surface area contributed by atoms with Crippen LogP contribution < -0.4 is 5.32 Å². The highest BCUT2D eigenvalue weighted by molar-refractivity contribution is 5.21. The molecule has 2 unspecified atom stereocenters. The van der Waals surface area contributed by atoms with Gasteiger partial charge in [-0.05, 0) is 37.5 Å². The lowest BCUT2D eigenvalue weighted by atomic mass is 10.0. The molecule has 0 bridgehead atoms. The van der Waals surface area contributed by atoms with Crippen LogP contribution in [0.15, 0.2) is 18.5 Å². The minimum atomic E-state index is 0.592. The Morgan fingerprint density at radius 2 is 2.35 bits per heavy atom. The maximum absolute atomic E-state index is 4.24. The van der Waals surface area contributed by atoms with E-state index in [1.165, 1.54) is 17.5 Å². The van der Waals surface area contributed by atoms with E-state index in [2.05, 4.69) is 42.0 Å². The van der Waals surface area contributed by atoms with E-state index in [0.29, 0.717) is 12.1 Å². The van der Waals surface area contributed by atoms with Crippen LogP contribution >= 0.6 is 0 Å². The maximum Gasteiger partial charge on any atom is 0.0315 e. The molecule has 17 heavy (non-hydrogen) atoms. The van der Waals surface area contributed by atoms with Crippen molar-refractivity contribution >= 4 is 0 Å². The number of hydrogen-bond acceptors (Lipinski definition) is 3. The van der Waals surface area contributed by atoms with Crippen LogP contribution in [0, 0.1) is 6.92 Å². The van der Waals surface area contributed by atoms with Crippen LogP contribution in [0.1, 0.15) is 31.4 Å². The third kappa shape index (κ3) is 3.05. The van der Waals surface area contributed by atoms with Crippen molar-refractivity contribution in [3.8, 4) is 0 Å². The molecule has 1 aliphatic heterocycles. The van der Waals surface area contributed by atoms with Crippen molar-refractivity contribution in [2.75, 3.05) is 13.1 Å². The molecule has 0 spiro atoms. The lowest BCUT2D eigenvalue weighted by Gasteiger charge is -2.39. The molecule has 1 aromatic rings. The van der Waals surface area contributed by atoms with Gasteiger partial charge in [0.1, 0.15) is 0 Å². The lowest BCUT2D eigenvalue weighted by Crippen LogP contribution is -2.54. The Kier molecular flexibility index (Phi) is 4.13. The smallest absolute Gasteiger partial charge is 0.0315 e. The average molecular weight is 233 g/mol. The fourth-order valence-electron chi connectivity index (χ4n) is 2.51. The molecular weight excluding hydrogens is 210 g/mol. The van der Waals surface area contributed by atoms with Gasteiger partial charge in [0.05, 0.1) is 0 Å². The van der Waals surface area contributed by atoms with Gasteiger partial charge in [-0.2, -0.15) is 0 Å². The number of nitrogens with one attached hydrogen (secondary N) is 1. The van der Waals surface area contributed by atoms with Crippen LogP contribution in [-0.4, -0.2) is 35.1 Å². The fourth-order valence-corrected chi connectivity index (χ4v) is 2.51. The van der Waals surface area contributed by atoms with E-state index < -0.39 is 0 Å². The van der Waals surface area contributed by atoms with E-state index in [-0.39, 0.29) is 0 Å². The predicted molar refractivity (Wildman–Crippen MR) is 70.9 cm³/mol. The molecule has 3 heteroatoms. The van der Waals surface area contributed by atoms with Crippen LogP contribution in [0.3, 0.4) is 0 Å². The van der Waals surface area contributed by atoms with Crippen molar-refractivity contribution in [3.05, 3.63) is 29.6 Å². The summed E-state index contributed by atoms with van der Waals surface area (Å²) in [6.07, 6.45) is 5.09. The molecule has 0 aromatic carbocycles. The van der Waals surface area contributed by atoms with Gasteiger partial charge in [-0.1, -0.05) is 6.92 Å². The third-order valence-corrected chi connectivity index (χ3v) is 3.72. The minimum Gasteiger partial charge on any atom is -0.311 e. The molecule has 0 aliphatic carbocycles. The van der Waals surface area contributed by atoms with Crippen molar-refractivity contribution in [2.24, 2.45) is 0 Å². The summed E-state index contributed by atoms with van der Waals surface area (Å²) in [7, 11) is 0. The van der Waals surface area contributed by atoms with Gasteiger partial charge in [0, 0.05) is 44.1 Å². The van der Waals surface area contributed by atoms with E-state index in [1.54, 1.807) is 0 Å². The Labute approximate surface area is 104 Å². The highest BCUT2D eigenvalue weighted by atomic mass is 15.2. The van der Waals surface area contributed by atoms with Crippen molar-refractivity contribution in [3.63, 3.8) is 0 Å². The molecule has 2 atom stereocenters. The molecule has 1 aliphatic rings. The Morgan fingerprint density at radius 1 is 1.53 bits per heavy atom. The van der Waals surface area contributed by atoms with Gasteiger partial charge >= 0.3 is 0 Å². The minimum absolute atomic E-state index is 0.592. The number of aromatic nitrogens is 1. The zero-order valence-electron chi connectivity index (χ0n) is 11.1. The Bertz CT molecular complexity index is 364. The van der Waals surface area contributed by atoms with Gasteiger partial charge in [-0.3, -0.25) is 9.88 Å². The van der Waals surface area contributed by atoms with Crippen LogP contribution in [0.2, 0.25) is 0 Å². The van der Waals surface area contributed by atoms with Gasteiger partial charge in [0.25, 0.3) is 0 Å². The van der Waals surface area contributed by atoms with E-state index >= 15 is 0 Å². The van der Waals surface area contributed by atoms with Crippen molar-refractivity contribution in [1.29, 1.82) is 0 Å². The summed E-state index contributed by atoms with van der Waals surface area (Å²) in [5.74, 6) is 0. The second-order valence-electron chi connectivity index (χ2n) is 5.10. The first-order valence-electron chi connectivity index (χ1n) is 6.57.